The third-order valence-corrected chi connectivity index (χ3v) is 2.45. The largest absolute Gasteiger partial charge is 0.506 e. The molecule has 0 aromatic heterocycles. The van der Waals surface area contributed by atoms with Crippen LogP contribution in [0, 0.1) is 3.57 Å². The normalized spacial score (nSPS) is 8.36. The highest BCUT2D eigenvalue weighted by atomic mass is 127. The minimum Gasteiger partial charge on any atom is -0.506 e. The van der Waals surface area contributed by atoms with Crippen LogP contribution in [0.15, 0.2) is 22.7 Å². The molecule has 0 aliphatic carbocycles. The van der Waals surface area contributed by atoms with Gasteiger partial charge in [-0.05, 0) is 50.7 Å². The molecule has 11 heavy (non-hydrogen) atoms. The molecule has 0 aliphatic heterocycles. The number of rotatable bonds is 0. The van der Waals surface area contributed by atoms with Gasteiger partial charge in [0, 0.05) is 0 Å². The second-order valence-corrected chi connectivity index (χ2v) is 3.59. The number of hydrogen-bond donors (Lipinski definition) is 1. The van der Waals surface area contributed by atoms with E-state index in [1.54, 1.807) is 6.07 Å². The number of phenolic OH excluding ortho intramolecular Hbond substituents is 1. The number of phenols is 1. The van der Waals surface area contributed by atoms with Crippen LogP contribution in [0.5, 0.6) is 5.75 Å². The van der Waals surface area contributed by atoms with Crippen molar-refractivity contribution >= 4 is 38.5 Å². The van der Waals surface area contributed by atoms with Crippen molar-refractivity contribution in [3.63, 3.8) is 0 Å². The van der Waals surface area contributed by atoms with Crippen LogP contribution in [0.2, 0.25) is 0 Å². The van der Waals surface area contributed by atoms with Crippen LogP contribution < -0.4 is 0 Å². The Morgan fingerprint density at radius 3 is 2.27 bits per heavy atom. The molecule has 0 aliphatic rings. The lowest BCUT2D eigenvalue weighted by atomic mass is 10.3. The quantitative estimate of drug-likeness (QED) is 0.718. The molecule has 62 valence electrons. The van der Waals surface area contributed by atoms with Crippen molar-refractivity contribution in [3.8, 4) is 5.75 Å². The van der Waals surface area contributed by atoms with Crippen molar-refractivity contribution in [2.75, 3.05) is 0 Å². The molecule has 1 rings (SSSR count). The lowest BCUT2D eigenvalue weighted by molar-refractivity contribution is 0.468. The Morgan fingerprint density at radius 1 is 1.36 bits per heavy atom. The molecule has 1 aromatic rings. The number of hydrogen-bond acceptors (Lipinski definition) is 1. The molecule has 0 saturated heterocycles. The van der Waals surface area contributed by atoms with E-state index in [1.807, 2.05) is 26.0 Å². The molecule has 0 saturated carbocycles. The second-order valence-electron chi connectivity index (χ2n) is 1.57. The van der Waals surface area contributed by atoms with Crippen LogP contribution in [-0.4, -0.2) is 5.11 Å². The first kappa shape index (κ1) is 11.2. The van der Waals surface area contributed by atoms with Gasteiger partial charge >= 0.3 is 0 Å². The van der Waals surface area contributed by atoms with Crippen molar-refractivity contribution in [1.82, 2.24) is 0 Å². The van der Waals surface area contributed by atoms with Gasteiger partial charge in [-0.15, -0.1) is 0 Å². The molecule has 0 heterocycles. The first-order chi connectivity index (χ1) is 5.22. The highest BCUT2D eigenvalue weighted by Crippen LogP contribution is 2.27. The van der Waals surface area contributed by atoms with Gasteiger partial charge in [-0.2, -0.15) is 0 Å². The molecular formula is C8H10BrIO. The summed E-state index contributed by atoms with van der Waals surface area (Å²) in [6.07, 6.45) is 0. The monoisotopic (exact) mass is 328 g/mol. The van der Waals surface area contributed by atoms with Crippen LogP contribution in [-0.2, 0) is 0 Å². The molecule has 0 unspecified atom stereocenters. The SMILES string of the molecule is CC.Oc1c(Br)cccc1I. The van der Waals surface area contributed by atoms with E-state index in [1.165, 1.54) is 0 Å². The van der Waals surface area contributed by atoms with Crippen molar-refractivity contribution in [2.45, 2.75) is 13.8 Å². The topological polar surface area (TPSA) is 20.2 Å². The molecule has 0 fully saturated rings. The van der Waals surface area contributed by atoms with Gasteiger partial charge in [-0.3, -0.25) is 0 Å². The summed E-state index contributed by atoms with van der Waals surface area (Å²) in [5.74, 6) is 0.318. The lowest BCUT2D eigenvalue weighted by Crippen LogP contribution is -1.72. The fourth-order valence-corrected chi connectivity index (χ4v) is 1.72. The zero-order chi connectivity index (χ0) is 8.85. The summed E-state index contributed by atoms with van der Waals surface area (Å²) in [6, 6.07) is 5.53. The van der Waals surface area contributed by atoms with Crippen LogP contribution in [0.1, 0.15) is 13.8 Å². The van der Waals surface area contributed by atoms with Crippen molar-refractivity contribution < 1.29 is 5.11 Å². The van der Waals surface area contributed by atoms with Gasteiger partial charge in [-0.25, -0.2) is 0 Å². The van der Waals surface area contributed by atoms with E-state index in [0.29, 0.717) is 5.75 Å². The minimum atomic E-state index is 0.318. The maximum Gasteiger partial charge on any atom is 0.143 e. The van der Waals surface area contributed by atoms with Gasteiger partial charge < -0.3 is 5.11 Å². The fraction of sp³-hybridized carbons (Fsp3) is 0.250. The van der Waals surface area contributed by atoms with E-state index in [2.05, 4.69) is 38.5 Å². The van der Waals surface area contributed by atoms with Gasteiger partial charge in [0.25, 0.3) is 0 Å². The summed E-state index contributed by atoms with van der Waals surface area (Å²) in [5, 5.41) is 9.15. The lowest BCUT2D eigenvalue weighted by Gasteiger charge is -1.96. The van der Waals surface area contributed by atoms with Gasteiger partial charge in [0.15, 0.2) is 0 Å². The number of aromatic hydroxyl groups is 1. The highest BCUT2D eigenvalue weighted by Gasteiger charge is 1.98. The van der Waals surface area contributed by atoms with E-state index in [9.17, 15) is 0 Å². The molecule has 1 aromatic carbocycles. The predicted octanol–water partition coefficient (Wildman–Crippen LogP) is 3.79. The van der Waals surface area contributed by atoms with Gasteiger partial charge in [0.1, 0.15) is 5.75 Å². The summed E-state index contributed by atoms with van der Waals surface area (Å²) in [7, 11) is 0. The van der Waals surface area contributed by atoms with E-state index in [-0.39, 0.29) is 0 Å². The zero-order valence-corrected chi connectivity index (χ0v) is 10.2. The Bertz CT molecular complexity index is 205. The van der Waals surface area contributed by atoms with Crippen LogP contribution in [0.25, 0.3) is 0 Å². The molecule has 1 nitrogen and oxygen atoms in total. The van der Waals surface area contributed by atoms with Crippen LogP contribution >= 0.6 is 38.5 Å². The Morgan fingerprint density at radius 2 is 1.91 bits per heavy atom. The standard InChI is InChI=1S/C6H4BrIO.C2H6/c7-4-2-1-3-5(8)6(4)9;1-2/h1-3,9H;1-2H3. The number of benzene rings is 1. The Hall–Kier alpha value is 0.230. The van der Waals surface area contributed by atoms with Gasteiger partial charge in [0.05, 0.1) is 8.04 Å². The molecule has 0 spiro atoms. The molecule has 0 radical (unpaired) electrons. The molecule has 3 heteroatoms. The third-order valence-electron chi connectivity index (χ3n) is 0.938. The molecule has 0 amide bonds. The van der Waals surface area contributed by atoms with Crippen molar-refractivity contribution in [3.05, 3.63) is 26.2 Å². The summed E-state index contributed by atoms with van der Waals surface area (Å²) in [4.78, 5) is 0. The summed E-state index contributed by atoms with van der Waals surface area (Å²) < 4.78 is 1.61. The summed E-state index contributed by atoms with van der Waals surface area (Å²) in [5.41, 5.74) is 0. The van der Waals surface area contributed by atoms with Gasteiger partial charge in [0.2, 0.25) is 0 Å². The highest BCUT2D eigenvalue weighted by molar-refractivity contribution is 14.1. The maximum atomic E-state index is 9.15. The Labute approximate surface area is 89.1 Å². The fourth-order valence-electron chi connectivity index (χ4n) is 0.489. The average molecular weight is 329 g/mol. The smallest absolute Gasteiger partial charge is 0.143 e. The van der Waals surface area contributed by atoms with Crippen LogP contribution in [0.4, 0.5) is 0 Å². The first-order valence-electron chi connectivity index (χ1n) is 3.35. The average Bonchev–Trinajstić information content (AvgIpc) is 2.04. The second kappa shape index (κ2) is 5.83. The molecule has 1 N–H and O–H groups in total. The number of halogens is 2. The van der Waals surface area contributed by atoms with E-state index >= 15 is 0 Å². The summed E-state index contributed by atoms with van der Waals surface area (Å²) >= 11 is 5.26. The Balaban J connectivity index is 0.000000461. The van der Waals surface area contributed by atoms with Crippen molar-refractivity contribution in [2.24, 2.45) is 0 Å². The number of para-hydroxylation sites is 1. The molecular weight excluding hydrogens is 319 g/mol. The molecule has 0 atom stereocenters. The van der Waals surface area contributed by atoms with E-state index < -0.39 is 0 Å². The molecule has 0 bridgehead atoms. The summed E-state index contributed by atoms with van der Waals surface area (Å²) in [6.45, 7) is 4.00. The van der Waals surface area contributed by atoms with Crippen molar-refractivity contribution in [1.29, 1.82) is 0 Å². The van der Waals surface area contributed by atoms with Gasteiger partial charge in [-0.1, -0.05) is 19.9 Å². The van der Waals surface area contributed by atoms with E-state index in [0.717, 1.165) is 8.04 Å². The van der Waals surface area contributed by atoms with Crippen LogP contribution in [0.3, 0.4) is 0 Å². The maximum absolute atomic E-state index is 9.15. The predicted molar refractivity (Wildman–Crippen MR) is 59.9 cm³/mol. The zero-order valence-electron chi connectivity index (χ0n) is 6.44. The Kier molecular flexibility index (Phi) is 5.95. The first-order valence-corrected chi connectivity index (χ1v) is 5.22. The third kappa shape index (κ3) is 3.42. The van der Waals surface area contributed by atoms with E-state index in [4.69, 9.17) is 5.11 Å². The minimum absolute atomic E-state index is 0.318.